The number of aliphatic carboxylic acids is 1. The van der Waals surface area contributed by atoms with Gasteiger partial charge in [-0.25, -0.2) is 0 Å². The predicted molar refractivity (Wildman–Crippen MR) is 47.9 cm³/mol. The molecule has 1 rings (SSSR count). The summed E-state index contributed by atoms with van der Waals surface area (Å²) in [7, 11) is 0. The lowest BCUT2D eigenvalue weighted by Gasteiger charge is -2.33. The summed E-state index contributed by atoms with van der Waals surface area (Å²) in [4.78, 5) is 21.3. The van der Waals surface area contributed by atoms with Crippen LogP contribution in [0.2, 0.25) is 0 Å². The Bertz CT molecular complexity index is 354. The van der Waals surface area contributed by atoms with Crippen LogP contribution in [0.25, 0.3) is 0 Å². The van der Waals surface area contributed by atoms with E-state index in [2.05, 4.69) is 0 Å². The predicted octanol–water partition coefficient (Wildman–Crippen LogP) is -6.01. The van der Waals surface area contributed by atoms with E-state index in [0.29, 0.717) is 0 Å². The first-order valence-corrected chi connectivity index (χ1v) is 4.94. The molecule has 1 heterocycles. The largest absolute Gasteiger partial charge is 1.00 e. The van der Waals surface area contributed by atoms with E-state index in [1.807, 2.05) is 0 Å². The summed E-state index contributed by atoms with van der Waals surface area (Å²) in [5.74, 6) is -4.94. The Labute approximate surface area is 111 Å². The van der Waals surface area contributed by atoms with Crippen LogP contribution < -0.4 is 23.0 Å². The van der Waals surface area contributed by atoms with E-state index in [1.54, 1.807) is 0 Å². The van der Waals surface area contributed by atoms with Crippen LogP contribution in [0, 0.1) is 5.92 Å². The van der Waals surface area contributed by atoms with E-state index in [9.17, 15) is 33.0 Å². The Hall–Kier alpha value is -1.10. The molecule has 0 bridgehead atoms. The summed E-state index contributed by atoms with van der Waals surface area (Å²) in [5.41, 5.74) is 0. The molecule has 1 aliphatic rings. The normalized spacial score (nSPS) is 31.2. The van der Waals surface area contributed by atoms with Crippen molar-refractivity contribution in [2.75, 3.05) is 6.54 Å². The van der Waals surface area contributed by atoms with Crippen molar-refractivity contribution in [3.63, 3.8) is 0 Å². The summed E-state index contributed by atoms with van der Waals surface area (Å²) < 4.78 is 35.9. The van der Waals surface area contributed by atoms with Crippen molar-refractivity contribution >= 4 is 11.9 Å². The van der Waals surface area contributed by atoms with Crippen LogP contribution in [0.4, 0.5) is 13.2 Å². The fourth-order valence-corrected chi connectivity index (χ4v) is 1.65. The Morgan fingerprint density at radius 3 is 2.16 bits per heavy atom. The van der Waals surface area contributed by atoms with Gasteiger partial charge in [0.05, 0.1) is 6.54 Å². The molecule has 0 saturated carbocycles. The van der Waals surface area contributed by atoms with E-state index < -0.39 is 42.3 Å². The number of amides is 1. The van der Waals surface area contributed by atoms with E-state index in [-0.39, 0.29) is 19.0 Å². The molecular formula is C8H12ClF3N2O5. The molecule has 6 N–H and O–H groups in total. The van der Waals surface area contributed by atoms with E-state index in [1.165, 1.54) is 5.32 Å². The lowest BCUT2D eigenvalue weighted by Crippen LogP contribution is -3.01. The van der Waals surface area contributed by atoms with Gasteiger partial charge in [0.1, 0.15) is 12.0 Å². The van der Waals surface area contributed by atoms with E-state index >= 15 is 0 Å². The van der Waals surface area contributed by atoms with Crippen LogP contribution in [-0.2, 0) is 9.59 Å². The highest BCUT2D eigenvalue weighted by Crippen LogP contribution is 2.16. The lowest BCUT2D eigenvalue weighted by molar-refractivity contribution is -0.716. The molecule has 1 aliphatic heterocycles. The summed E-state index contributed by atoms with van der Waals surface area (Å²) in [6, 6.07) is 0. The quantitative estimate of drug-likeness (QED) is 0.347. The van der Waals surface area contributed by atoms with E-state index in [0.717, 1.165) is 5.32 Å². The number of aliphatic hydroxyl groups is 2. The van der Waals surface area contributed by atoms with Gasteiger partial charge in [-0.2, -0.15) is 13.2 Å². The molecule has 0 aromatic carbocycles. The number of aliphatic hydroxyl groups excluding tert-OH is 2. The van der Waals surface area contributed by atoms with Crippen LogP contribution in [-0.4, -0.2) is 58.3 Å². The molecule has 0 radical (unpaired) electrons. The second-order valence-corrected chi connectivity index (χ2v) is 3.89. The maximum atomic E-state index is 12.0. The van der Waals surface area contributed by atoms with Crippen molar-refractivity contribution in [3.05, 3.63) is 0 Å². The number of nitrogens with two attached hydrogens (primary N) is 1. The monoisotopic (exact) mass is 308 g/mol. The minimum atomic E-state index is -5.11. The molecule has 112 valence electrons. The fourth-order valence-electron chi connectivity index (χ4n) is 1.65. The van der Waals surface area contributed by atoms with Crippen molar-refractivity contribution in [1.29, 1.82) is 0 Å². The molecule has 0 spiro atoms. The first-order chi connectivity index (χ1) is 8.14. The standard InChI is InChI=1S/C8H11F3N2O5.ClH/c9-8(10,11)7(18)13-5-4(15)3(14)2(1-12-5)6(16)17;/h2-5,12,14-15H,1H2,(H,13,18)(H,16,17);1H/t2-,3+,4-,5+;/m0./s1. The molecule has 11 heteroatoms. The molecule has 1 amide bonds. The number of carbonyl (C=O) groups is 2. The second-order valence-electron chi connectivity index (χ2n) is 3.89. The SMILES string of the molecule is O=C(O)[C@H]1C[NH2+][C@H](NC(=O)C(F)(F)F)[C@@H](O)[C@@H]1O.[Cl-]. The van der Waals surface area contributed by atoms with Gasteiger partial charge >= 0.3 is 18.1 Å². The van der Waals surface area contributed by atoms with Gasteiger partial charge in [0.25, 0.3) is 0 Å². The smallest absolute Gasteiger partial charge is 0.471 e. The maximum Gasteiger partial charge on any atom is 0.471 e. The summed E-state index contributed by atoms with van der Waals surface area (Å²) in [5, 5.41) is 30.0. The van der Waals surface area contributed by atoms with Gasteiger partial charge in [-0.15, -0.1) is 0 Å². The minimum Gasteiger partial charge on any atom is -1.00 e. The lowest BCUT2D eigenvalue weighted by atomic mass is 9.92. The van der Waals surface area contributed by atoms with Crippen molar-refractivity contribution < 1.29 is 55.8 Å². The molecule has 0 unspecified atom stereocenters. The molecule has 19 heavy (non-hydrogen) atoms. The molecular weight excluding hydrogens is 297 g/mol. The number of carboxylic acids is 1. The summed E-state index contributed by atoms with van der Waals surface area (Å²) in [6.45, 7) is -0.254. The number of rotatable bonds is 2. The Kier molecular flexibility index (Phi) is 6.00. The molecule has 4 atom stereocenters. The van der Waals surface area contributed by atoms with Crippen LogP contribution in [0.15, 0.2) is 0 Å². The summed E-state index contributed by atoms with van der Waals surface area (Å²) in [6.07, 6.45) is -10.1. The van der Waals surface area contributed by atoms with Gasteiger partial charge < -0.3 is 33.0 Å². The molecule has 1 fully saturated rings. The average molecular weight is 309 g/mol. The third-order valence-electron chi connectivity index (χ3n) is 2.65. The second kappa shape index (κ2) is 6.37. The van der Waals surface area contributed by atoms with Crippen LogP contribution in [0.5, 0.6) is 0 Å². The molecule has 7 nitrogen and oxygen atoms in total. The highest BCUT2D eigenvalue weighted by atomic mass is 35.5. The number of piperidine rings is 1. The van der Waals surface area contributed by atoms with Crippen molar-refractivity contribution in [2.24, 2.45) is 5.92 Å². The first kappa shape index (κ1) is 17.9. The topological polar surface area (TPSA) is 123 Å². The molecule has 1 saturated heterocycles. The van der Waals surface area contributed by atoms with Gasteiger partial charge in [0, 0.05) is 0 Å². The first-order valence-electron chi connectivity index (χ1n) is 4.94. The minimum absolute atomic E-state index is 0. The average Bonchev–Trinajstić information content (AvgIpc) is 2.22. The third-order valence-corrected chi connectivity index (χ3v) is 2.65. The number of alkyl halides is 3. The van der Waals surface area contributed by atoms with Crippen LogP contribution >= 0.6 is 0 Å². The Morgan fingerprint density at radius 1 is 1.21 bits per heavy atom. The van der Waals surface area contributed by atoms with Gasteiger partial charge in [0.15, 0.2) is 12.3 Å². The van der Waals surface area contributed by atoms with Gasteiger partial charge in [0.2, 0.25) is 0 Å². The van der Waals surface area contributed by atoms with Gasteiger partial charge in [-0.1, -0.05) is 0 Å². The molecule has 0 aromatic heterocycles. The zero-order valence-electron chi connectivity index (χ0n) is 9.26. The number of hydrogen-bond donors (Lipinski definition) is 5. The van der Waals surface area contributed by atoms with Gasteiger partial charge in [-0.05, 0) is 0 Å². The number of nitrogens with one attached hydrogen (secondary N) is 1. The third kappa shape index (κ3) is 4.20. The highest BCUT2D eigenvalue weighted by molar-refractivity contribution is 5.81. The van der Waals surface area contributed by atoms with Gasteiger partial charge in [-0.3, -0.25) is 14.9 Å². The molecule has 0 aliphatic carbocycles. The van der Waals surface area contributed by atoms with Crippen LogP contribution in [0.3, 0.4) is 0 Å². The van der Waals surface area contributed by atoms with Crippen molar-refractivity contribution in [3.8, 4) is 0 Å². The Morgan fingerprint density at radius 2 is 1.74 bits per heavy atom. The van der Waals surface area contributed by atoms with E-state index in [4.69, 9.17) is 5.11 Å². The zero-order chi connectivity index (χ0) is 14.1. The number of hydrogen-bond acceptors (Lipinski definition) is 4. The van der Waals surface area contributed by atoms with Crippen LogP contribution in [0.1, 0.15) is 0 Å². The maximum absolute atomic E-state index is 12.0. The molecule has 0 aromatic rings. The summed E-state index contributed by atoms with van der Waals surface area (Å²) >= 11 is 0. The number of carboxylic acid groups (broad SMARTS) is 1. The number of quaternary nitrogens is 1. The van der Waals surface area contributed by atoms with Crippen molar-refractivity contribution in [2.45, 2.75) is 24.6 Å². The highest BCUT2D eigenvalue weighted by Gasteiger charge is 2.48. The Balaban J connectivity index is 0.00000324. The zero-order valence-corrected chi connectivity index (χ0v) is 10.0. The number of carbonyl (C=O) groups excluding carboxylic acids is 1. The number of halogens is 4. The van der Waals surface area contributed by atoms with Crippen molar-refractivity contribution in [1.82, 2.24) is 5.32 Å². The fraction of sp³-hybridized carbons (Fsp3) is 0.750.